The summed E-state index contributed by atoms with van der Waals surface area (Å²) in [6, 6.07) is 9.63. The molecule has 0 spiro atoms. The molecule has 5 atom stereocenters. The summed E-state index contributed by atoms with van der Waals surface area (Å²) < 4.78 is 0. The first kappa shape index (κ1) is 29.7. The highest BCUT2D eigenvalue weighted by molar-refractivity contribution is 6.24. The van der Waals surface area contributed by atoms with Gasteiger partial charge in [0.1, 0.15) is 17.4 Å². The molecule has 6 rings (SSSR count). The number of nitrogens with two attached hydrogens (primary N) is 1. The van der Waals surface area contributed by atoms with Crippen molar-refractivity contribution < 1.29 is 34.8 Å². The lowest BCUT2D eigenvalue weighted by molar-refractivity contribution is -0.174. The Morgan fingerprint density at radius 2 is 1.80 bits per heavy atom. The molecule has 228 valence electrons. The van der Waals surface area contributed by atoms with Gasteiger partial charge >= 0.3 is 0 Å². The van der Waals surface area contributed by atoms with Gasteiger partial charge in [-0.2, -0.15) is 0 Å². The van der Waals surface area contributed by atoms with E-state index in [1.165, 1.54) is 0 Å². The molecule has 4 aliphatic carbocycles. The van der Waals surface area contributed by atoms with E-state index in [1.807, 2.05) is 43.3 Å². The second-order valence-corrected chi connectivity index (χ2v) is 12.6. The number of primary amides is 1. The number of nitrogens with zero attached hydrogens (tertiary/aromatic N) is 1. The molecular formula is C35H36N2O7. The van der Waals surface area contributed by atoms with E-state index < -0.39 is 52.7 Å². The summed E-state index contributed by atoms with van der Waals surface area (Å²) in [7, 11) is 3.88. The number of aromatic hydroxyl groups is 1. The fraction of sp³-hybridized carbons (Fsp3) is 0.400. The number of hydrogen-bond acceptors (Lipinski definition) is 8. The van der Waals surface area contributed by atoms with Crippen LogP contribution in [0.3, 0.4) is 0 Å². The lowest BCUT2D eigenvalue weighted by Gasteiger charge is -2.48. The van der Waals surface area contributed by atoms with E-state index in [2.05, 4.69) is 17.9 Å². The highest BCUT2D eigenvalue weighted by Crippen LogP contribution is 2.53. The van der Waals surface area contributed by atoms with Crippen molar-refractivity contribution >= 4 is 28.9 Å². The third kappa shape index (κ3) is 4.61. The molecule has 0 radical (unpaired) electrons. The summed E-state index contributed by atoms with van der Waals surface area (Å²) in [6.45, 7) is 0. The van der Waals surface area contributed by atoms with E-state index in [1.54, 1.807) is 6.07 Å². The molecule has 0 saturated heterocycles. The molecule has 0 bridgehead atoms. The molecule has 0 heterocycles. The summed E-state index contributed by atoms with van der Waals surface area (Å²) in [4.78, 5) is 41.3. The highest BCUT2D eigenvalue weighted by Gasteiger charge is 2.64. The standard InChI is InChI=1S/C35H36N2O7/c1-37(2)23-12-10-19(11-13-23)24-15-20(9-8-18-6-4-3-5-7-18)30(39)28-25(24)16-21-14-22-17-26(38)29(34(36)43)33(42)35(22,44)32(41)27(21)31(28)40/h6,10-13,15,21-22,26,29,38-40,44H,3-5,7,14,16-17H2,1-2H3,(H2,36,43)/t21-,22+,26?,29?,35+/m1/s1. The van der Waals surface area contributed by atoms with Crippen LogP contribution >= 0.6 is 0 Å². The van der Waals surface area contributed by atoms with Gasteiger partial charge in [-0.15, -0.1) is 0 Å². The van der Waals surface area contributed by atoms with Crippen LogP contribution in [0.2, 0.25) is 0 Å². The van der Waals surface area contributed by atoms with E-state index >= 15 is 0 Å². The number of anilines is 1. The van der Waals surface area contributed by atoms with Crippen molar-refractivity contribution in [3.8, 4) is 28.7 Å². The lowest BCUT2D eigenvalue weighted by Crippen LogP contribution is -2.66. The minimum atomic E-state index is -2.62. The van der Waals surface area contributed by atoms with Gasteiger partial charge in [0, 0.05) is 31.3 Å². The molecule has 4 aliphatic rings. The Morgan fingerprint density at radius 1 is 1.07 bits per heavy atom. The molecule has 6 N–H and O–H groups in total. The zero-order valence-electron chi connectivity index (χ0n) is 24.8. The molecular weight excluding hydrogens is 560 g/mol. The van der Waals surface area contributed by atoms with Crippen LogP contribution in [-0.4, -0.2) is 63.7 Å². The third-order valence-corrected chi connectivity index (χ3v) is 9.73. The number of phenols is 1. The highest BCUT2D eigenvalue weighted by atomic mass is 16.3. The minimum absolute atomic E-state index is 0.0394. The number of ketones is 2. The number of Topliss-reactive ketones (excluding diaryl/α,β-unsaturated/α-hetero) is 2. The minimum Gasteiger partial charge on any atom is -0.507 e. The largest absolute Gasteiger partial charge is 0.507 e. The molecule has 0 aromatic heterocycles. The number of hydrogen-bond donors (Lipinski definition) is 5. The van der Waals surface area contributed by atoms with Crippen LogP contribution in [0.4, 0.5) is 5.69 Å². The van der Waals surface area contributed by atoms with Crippen molar-refractivity contribution in [2.75, 3.05) is 19.0 Å². The van der Waals surface area contributed by atoms with Crippen LogP contribution in [0.1, 0.15) is 55.2 Å². The molecule has 1 amide bonds. The fourth-order valence-corrected chi connectivity index (χ4v) is 7.38. The van der Waals surface area contributed by atoms with Crippen LogP contribution < -0.4 is 10.6 Å². The molecule has 2 saturated carbocycles. The molecule has 2 aromatic rings. The number of aliphatic hydroxyl groups excluding tert-OH is 2. The Bertz CT molecular complexity index is 1710. The Balaban J connectivity index is 1.53. The summed E-state index contributed by atoms with van der Waals surface area (Å²) in [6.07, 6.45) is 4.75. The van der Waals surface area contributed by atoms with Crippen molar-refractivity contribution in [3.63, 3.8) is 0 Å². The first-order valence-electron chi connectivity index (χ1n) is 15.0. The summed E-state index contributed by atoms with van der Waals surface area (Å²) in [5.41, 5.74) is 7.02. The number of phenolic OH excluding ortho intramolecular Hbond substituents is 1. The van der Waals surface area contributed by atoms with Crippen LogP contribution in [0.25, 0.3) is 16.9 Å². The average Bonchev–Trinajstić information content (AvgIpc) is 2.99. The van der Waals surface area contributed by atoms with Crippen LogP contribution in [0.5, 0.6) is 5.75 Å². The smallest absolute Gasteiger partial charge is 0.230 e. The monoisotopic (exact) mass is 596 g/mol. The van der Waals surface area contributed by atoms with E-state index in [0.717, 1.165) is 48.1 Å². The summed E-state index contributed by atoms with van der Waals surface area (Å²) in [5.74, 6) is -1.19. The maximum atomic E-state index is 14.0. The maximum absolute atomic E-state index is 14.0. The van der Waals surface area contributed by atoms with Gasteiger partial charge < -0.3 is 31.1 Å². The number of allylic oxidation sites excluding steroid dienone is 2. The first-order chi connectivity index (χ1) is 20.9. The van der Waals surface area contributed by atoms with Gasteiger partial charge in [0.2, 0.25) is 11.7 Å². The normalized spacial score (nSPS) is 27.8. The fourth-order valence-electron chi connectivity index (χ4n) is 7.38. The van der Waals surface area contributed by atoms with E-state index in [0.29, 0.717) is 5.56 Å². The summed E-state index contributed by atoms with van der Waals surface area (Å²) >= 11 is 0. The molecule has 9 nitrogen and oxygen atoms in total. The lowest BCUT2D eigenvalue weighted by atomic mass is 9.56. The van der Waals surface area contributed by atoms with Crippen molar-refractivity contribution in [2.45, 2.75) is 56.7 Å². The predicted octanol–water partition coefficient (Wildman–Crippen LogP) is 3.17. The Morgan fingerprint density at radius 3 is 2.43 bits per heavy atom. The maximum Gasteiger partial charge on any atom is 0.230 e. The number of benzene rings is 2. The SMILES string of the molecule is CN(C)c1ccc(-c2cc(C#CC3=CCCCC3)c(O)c3c2C[C@H]2C[C@H]4CC(O)C(C(N)=O)C(=O)[C@@]4(O)C(=O)C2=C3O)cc1. The molecule has 2 fully saturated rings. The van der Waals surface area contributed by atoms with Crippen molar-refractivity contribution in [1.29, 1.82) is 0 Å². The van der Waals surface area contributed by atoms with E-state index in [4.69, 9.17) is 5.73 Å². The van der Waals surface area contributed by atoms with E-state index in [-0.39, 0.29) is 41.7 Å². The van der Waals surface area contributed by atoms with Gasteiger partial charge in [0.25, 0.3) is 0 Å². The second kappa shape index (κ2) is 11.0. The van der Waals surface area contributed by atoms with Crippen LogP contribution in [0.15, 0.2) is 47.6 Å². The number of carbonyl (C=O) groups is 3. The molecule has 44 heavy (non-hydrogen) atoms. The topological polar surface area (TPSA) is 161 Å². The van der Waals surface area contributed by atoms with Crippen LogP contribution in [-0.2, 0) is 20.8 Å². The Labute approximate surface area is 255 Å². The summed E-state index contributed by atoms with van der Waals surface area (Å²) in [5, 5.41) is 45.4. The van der Waals surface area contributed by atoms with Crippen molar-refractivity contribution in [2.24, 2.45) is 23.5 Å². The quantitative estimate of drug-likeness (QED) is 0.267. The van der Waals surface area contributed by atoms with Gasteiger partial charge in [-0.3, -0.25) is 14.4 Å². The van der Waals surface area contributed by atoms with Gasteiger partial charge in [-0.1, -0.05) is 30.0 Å². The number of carbonyl (C=O) groups excluding carboxylic acids is 3. The Kier molecular flexibility index (Phi) is 7.39. The zero-order valence-corrected chi connectivity index (χ0v) is 24.8. The van der Waals surface area contributed by atoms with Gasteiger partial charge in [0.15, 0.2) is 11.4 Å². The number of rotatable bonds is 3. The van der Waals surface area contributed by atoms with Gasteiger partial charge in [-0.05, 0) is 91.3 Å². The first-order valence-corrected chi connectivity index (χ1v) is 15.0. The number of amides is 1. The van der Waals surface area contributed by atoms with Crippen molar-refractivity contribution in [1.82, 2.24) is 0 Å². The average molecular weight is 597 g/mol. The molecule has 2 unspecified atom stereocenters. The van der Waals surface area contributed by atoms with Gasteiger partial charge in [0.05, 0.1) is 17.2 Å². The molecule has 0 aliphatic heterocycles. The molecule has 2 aromatic carbocycles. The van der Waals surface area contributed by atoms with Crippen LogP contribution in [0, 0.1) is 29.6 Å². The number of aliphatic hydroxyl groups is 3. The Hall–Kier alpha value is -4.39. The number of fused-ring (bicyclic) bond motifs is 3. The van der Waals surface area contributed by atoms with Gasteiger partial charge in [-0.25, -0.2) is 0 Å². The third-order valence-electron chi connectivity index (χ3n) is 9.73. The van der Waals surface area contributed by atoms with Crippen molar-refractivity contribution in [3.05, 3.63) is 64.2 Å². The predicted molar refractivity (Wildman–Crippen MR) is 164 cm³/mol. The second-order valence-electron chi connectivity index (χ2n) is 12.6. The van der Waals surface area contributed by atoms with E-state index in [9.17, 15) is 34.8 Å². The molecule has 9 heteroatoms. The zero-order chi connectivity index (χ0) is 31.5.